The van der Waals surface area contributed by atoms with Crippen molar-refractivity contribution in [2.24, 2.45) is 40.4 Å². The van der Waals surface area contributed by atoms with E-state index in [1.54, 1.807) is 0 Å². The van der Waals surface area contributed by atoms with Gasteiger partial charge >= 0.3 is 0 Å². The first-order chi connectivity index (χ1) is 10.5. The van der Waals surface area contributed by atoms with E-state index in [2.05, 4.69) is 20.8 Å². The van der Waals surface area contributed by atoms with Crippen molar-refractivity contribution >= 4 is 0 Å². The maximum Gasteiger partial charge on any atom is 0.0543 e. The molecule has 0 spiro atoms. The van der Waals surface area contributed by atoms with Gasteiger partial charge in [0.2, 0.25) is 0 Å². The van der Waals surface area contributed by atoms with Crippen LogP contribution in [0.3, 0.4) is 0 Å². The molecule has 0 aromatic carbocycles. The van der Waals surface area contributed by atoms with Crippen LogP contribution in [0.1, 0.15) is 85.0 Å². The van der Waals surface area contributed by atoms with E-state index in [0.717, 1.165) is 42.4 Å². The lowest BCUT2D eigenvalue weighted by Crippen LogP contribution is -2.53. The van der Waals surface area contributed by atoms with E-state index < -0.39 is 0 Å². The van der Waals surface area contributed by atoms with Gasteiger partial charge in [0.05, 0.1) is 6.10 Å². The van der Waals surface area contributed by atoms with Crippen LogP contribution >= 0.6 is 0 Å². The first-order valence-electron chi connectivity index (χ1n) is 10.2. The van der Waals surface area contributed by atoms with E-state index in [-0.39, 0.29) is 6.10 Å². The average molecular weight is 305 g/mol. The van der Waals surface area contributed by atoms with Crippen LogP contribution in [0.4, 0.5) is 0 Å². The number of fused-ring (bicyclic) bond motifs is 5. The molecule has 0 aromatic heterocycles. The Morgan fingerprint density at radius 2 is 1.59 bits per heavy atom. The largest absolute Gasteiger partial charge is 0.393 e. The maximum absolute atomic E-state index is 10.1. The summed E-state index contributed by atoms with van der Waals surface area (Å²) in [5, 5.41) is 10.1. The molecular weight excluding hydrogens is 268 g/mol. The first-order valence-corrected chi connectivity index (χ1v) is 10.2. The van der Waals surface area contributed by atoms with Gasteiger partial charge in [0, 0.05) is 0 Å². The summed E-state index contributed by atoms with van der Waals surface area (Å²) in [6, 6.07) is 0. The second-order valence-electron chi connectivity index (χ2n) is 9.81. The summed E-state index contributed by atoms with van der Waals surface area (Å²) in [5.41, 5.74) is 1.21. The third-order valence-corrected chi connectivity index (χ3v) is 9.33. The van der Waals surface area contributed by atoms with Crippen molar-refractivity contribution in [3.8, 4) is 0 Å². The third kappa shape index (κ3) is 2.00. The molecule has 1 heteroatoms. The fourth-order valence-electron chi connectivity index (χ4n) is 8.01. The van der Waals surface area contributed by atoms with E-state index in [0.29, 0.717) is 10.8 Å². The molecule has 0 saturated heterocycles. The van der Waals surface area contributed by atoms with Gasteiger partial charge in [-0.15, -0.1) is 0 Å². The lowest BCUT2D eigenvalue weighted by atomic mass is 9.44. The van der Waals surface area contributed by atoms with Crippen molar-refractivity contribution in [2.75, 3.05) is 0 Å². The Morgan fingerprint density at radius 3 is 2.36 bits per heavy atom. The molecule has 0 radical (unpaired) electrons. The van der Waals surface area contributed by atoms with Gasteiger partial charge in [-0.2, -0.15) is 0 Å². The second kappa shape index (κ2) is 5.23. The Morgan fingerprint density at radius 1 is 0.864 bits per heavy atom. The molecule has 0 aromatic rings. The van der Waals surface area contributed by atoms with E-state index in [1.165, 1.54) is 51.4 Å². The maximum atomic E-state index is 10.1. The standard InChI is InChI=1S/C21H36O/c1-4-14-6-8-18-17-7-5-15-13-16(22)9-11-21(15,3)19(17)10-12-20(14,18)2/h14-19,22H,4-13H2,1-3H3/t14-,15+,16-,17+,18-,19-,20-,21+/m1/s1. The molecule has 4 fully saturated rings. The molecule has 4 aliphatic carbocycles. The summed E-state index contributed by atoms with van der Waals surface area (Å²) in [6.07, 6.45) is 13.7. The van der Waals surface area contributed by atoms with Crippen LogP contribution in [0.5, 0.6) is 0 Å². The van der Waals surface area contributed by atoms with Crippen LogP contribution in [-0.2, 0) is 0 Å². The highest BCUT2D eigenvalue weighted by atomic mass is 16.3. The van der Waals surface area contributed by atoms with Gasteiger partial charge in [-0.25, -0.2) is 0 Å². The summed E-state index contributed by atoms with van der Waals surface area (Å²) in [4.78, 5) is 0. The molecular formula is C21H36O. The number of rotatable bonds is 1. The zero-order valence-electron chi connectivity index (χ0n) is 15.0. The summed E-state index contributed by atoms with van der Waals surface area (Å²) in [5.74, 6) is 4.79. The molecule has 1 nitrogen and oxygen atoms in total. The molecule has 4 saturated carbocycles. The Hall–Kier alpha value is -0.0400. The minimum Gasteiger partial charge on any atom is -0.393 e. The Bertz CT molecular complexity index is 432. The summed E-state index contributed by atoms with van der Waals surface area (Å²) < 4.78 is 0. The van der Waals surface area contributed by atoms with E-state index in [9.17, 15) is 5.11 Å². The van der Waals surface area contributed by atoms with Crippen molar-refractivity contribution in [2.45, 2.75) is 91.1 Å². The molecule has 4 aliphatic rings. The molecule has 8 atom stereocenters. The van der Waals surface area contributed by atoms with Gasteiger partial charge in [0.25, 0.3) is 0 Å². The average Bonchev–Trinajstić information content (AvgIpc) is 2.84. The Labute approximate surface area is 137 Å². The molecule has 22 heavy (non-hydrogen) atoms. The van der Waals surface area contributed by atoms with Crippen LogP contribution in [-0.4, -0.2) is 11.2 Å². The molecule has 0 aliphatic heterocycles. The SMILES string of the molecule is CC[C@@H]1CC[C@@H]2[C@@H]3CC[C@H]4C[C@H](O)CC[C@]4(C)[C@@H]3CC[C@]12C. The fraction of sp³-hybridized carbons (Fsp3) is 1.00. The molecule has 1 N–H and O–H groups in total. The highest BCUT2D eigenvalue weighted by molar-refractivity contribution is 5.08. The molecule has 0 bridgehead atoms. The fourth-order valence-corrected chi connectivity index (χ4v) is 8.01. The molecule has 126 valence electrons. The zero-order valence-corrected chi connectivity index (χ0v) is 15.0. The first kappa shape index (κ1) is 15.5. The predicted molar refractivity (Wildman–Crippen MR) is 91.5 cm³/mol. The quantitative estimate of drug-likeness (QED) is 0.686. The number of hydrogen-bond donors (Lipinski definition) is 1. The number of aliphatic hydroxyl groups excluding tert-OH is 1. The van der Waals surface area contributed by atoms with Gasteiger partial charge in [0.1, 0.15) is 0 Å². The summed E-state index contributed by atoms with van der Waals surface area (Å²) in [7, 11) is 0. The van der Waals surface area contributed by atoms with Gasteiger partial charge in [-0.05, 0) is 98.2 Å². The highest BCUT2D eigenvalue weighted by Crippen LogP contribution is 2.67. The van der Waals surface area contributed by atoms with Crippen molar-refractivity contribution in [3.05, 3.63) is 0 Å². The minimum atomic E-state index is -0.000524. The van der Waals surface area contributed by atoms with Crippen LogP contribution in [0, 0.1) is 40.4 Å². The smallest absolute Gasteiger partial charge is 0.0543 e. The van der Waals surface area contributed by atoms with Crippen molar-refractivity contribution in [3.63, 3.8) is 0 Å². The van der Waals surface area contributed by atoms with Crippen molar-refractivity contribution < 1.29 is 5.11 Å². The lowest BCUT2D eigenvalue weighted by molar-refractivity contribution is -0.126. The topological polar surface area (TPSA) is 20.2 Å². The molecule has 0 amide bonds. The predicted octanol–water partition coefficient (Wildman–Crippen LogP) is 5.42. The van der Waals surface area contributed by atoms with Crippen LogP contribution < -0.4 is 0 Å². The van der Waals surface area contributed by atoms with Gasteiger partial charge in [-0.3, -0.25) is 0 Å². The Balaban J connectivity index is 1.61. The Kier molecular flexibility index (Phi) is 3.68. The van der Waals surface area contributed by atoms with Gasteiger partial charge in [-0.1, -0.05) is 27.2 Å². The monoisotopic (exact) mass is 304 g/mol. The van der Waals surface area contributed by atoms with E-state index in [4.69, 9.17) is 0 Å². The van der Waals surface area contributed by atoms with E-state index >= 15 is 0 Å². The number of aliphatic hydroxyl groups is 1. The van der Waals surface area contributed by atoms with Crippen molar-refractivity contribution in [1.29, 1.82) is 0 Å². The summed E-state index contributed by atoms with van der Waals surface area (Å²) >= 11 is 0. The van der Waals surface area contributed by atoms with Gasteiger partial charge in [0.15, 0.2) is 0 Å². The highest BCUT2D eigenvalue weighted by Gasteiger charge is 2.59. The normalized spacial score (nSPS) is 57.8. The minimum absolute atomic E-state index is 0.000524. The van der Waals surface area contributed by atoms with Crippen LogP contribution in [0.25, 0.3) is 0 Å². The molecule has 4 rings (SSSR count). The molecule has 0 unspecified atom stereocenters. The van der Waals surface area contributed by atoms with Crippen molar-refractivity contribution in [1.82, 2.24) is 0 Å². The third-order valence-electron chi connectivity index (χ3n) is 9.33. The number of hydrogen-bond acceptors (Lipinski definition) is 1. The zero-order chi connectivity index (χ0) is 15.5. The van der Waals surface area contributed by atoms with Crippen LogP contribution in [0.2, 0.25) is 0 Å². The van der Waals surface area contributed by atoms with E-state index in [1.807, 2.05) is 0 Å². The molecule has 0 heterocycles. The second-order valence-corrected chi connectivity index (χ2v) is 9.81. The summed E-state index contributed by atoms with van der Waals surface area (Å²) in [6.45, 7) is 7.68. The van der Waals surface area contributed by atoms with Gasteiger partial charge < -0.3 is 5.11 Å². The lowest BCUT2D eigenvalue weighted by Gasteiger charge is -2.61. The van der Waals surface area contributed by atoms with Crippen LogP contribution in [0.15, 0.2) is 0 Å².